The maximum absolute atomic E-state index is 6.36. The van der Waals surface area contributed by atoms with Crippen molar-refractivity contribution in [1.82, 2.24) is 0 Å². The third-order valence-corrected chi connectivity index (χ3v) is 5.89. The highest BCUT2D eigenvalue weighted by molar-refractivity contribution is 5.62. The van der Waals surface area contributed by atoms with E-state index in [1.165, 1.54) is 80.8 Å². The zero-order valence-electron chi connectivity index (χ0n) is 14.8. The van der Waals surface area contributed by atoms with Crippen molar-refractivity contribution in [3.63, 3.8) is 0 Å². The molecule has 2 fully saturated rings. The van der Waals surface area contributed by atoms with E-state index < -0.39 is 0 Å². The average molecular weight is 334 g/mol. The Kier molecular flexibility index (Phi) is 3.80. The van der Waals surface area contributed by atoms with Crippen LogP contribution in [0.25, 0.3) is 0 Å². The Labute approximate surface area is 150 Å². The van der Waals surface area contributed by atoms with E-state index >= 15 is 0 Å². The SMILES string of the molecule is c1cc2c(cc1N1CCCCC1)Oc1cc(N3CCCC3)ccc1C2. The van der Waals surface area contributed by atoms with Crippen molar-refractivity contribution < 1.29 is 4.74 Å². The molecule has 0 radical (unpaired) electrons. The Morgan fingerprint density at radius 2 is 1.08 bits per heavy atom. The van der Waals surface area contributed by atoms with Gasteiger partial charge in [-0.15, -0.1) is 0 Å². The fourth-order valence-electron chi connectivity index (χ4n) is 4.41. The quantitative estimate of drug-likeness (QED) is 0.658. The molecule has 3 heterocycles. The summed E-state index contributed by atoms with van der Waals surface area (Å²) in [6, 6.07) is 13.6. The molecule has 0 bridgehead atoms. The minimum Gasteiger partial charge on any atom is -0.457 e. The van der Waals surface area contributed by atoms with Crippen LogP contribution in [-0.2, 0) is 6.42 Å². The van der Waals surface area contributed by atoms with Crippen LogP contribution in [0.15, 0.2) is 36.4 Å². The van der Waals surface area contributed by atoms with Crippen LogP contribution in [0.4, 0.5) is 11.4 Å². The fourth-order valence-corrected chi connectivity index (χ4v) is 4.41. The fraction of sp³-hybridized carbons (Fsp3) is 0.455. The Hall–Kier alpha value is -2.16. The van der Waals surface area contributed by atoms with E-state index in [9.17, 15) is 0 Å². The Bertz CT molecular complexity index is 774. The van der Waals surface area contributed by atoms with Crippen molar-refractivity contribution in [2.24, 2.45) is 0 Å². The molecule has 0 aromatic heterocycles. The normalized spacial score (nSPS) is 19.4. The molecule has 2 aromatic rings. The predicted molar refractivity (Wildman–Crippen MR) is 103 cm³/mol. The smallest absolute Gasteiger partial charge is 0.133 e. The summed E-state index contributed by atoms with van der Waals surface area (Å²) in [5.74, 6) is 2.10. The van der Waals surface area contributed by atoms with Gasteiger partial charge in [0.25, 0.3) is 0 Å². The van der Waals surface area contributed by atoms with Gasteiger partial charge in [0.05, 0.1) is 0 Å². The van der Waals surface area contributed by atoms with Crippen LogP contribution in [0, 0.1) is 0 Å². The van der Waals surface area contributed by atoms with Gasteiger partial charge in [0.1, 0.15) is 11.5 Å². The molecular weight excluding hydrogens is 308 g/mol. The zero-order valence-corrected chi connectivity index (χ0v) is 14.8. The number of fused-ring (bicyclic) bond motifs is 2. The summed E-state index contributed by atoms with van der Waals surface area (Å²) in [5.41, 5.74) is 5.24. The third-order valence-electron chi connectivity index (χ3n) is 5.89. The largest absolute Gasteiger partial charge is 0.457 e. The van der Waals surface area contributed by atoms with E-state index in [1.54, 1.807) is 0 Å². The monoisotopic (exact) mass is 334 g/mol. The van der Waals surface area contributed by atoms with Crippen molar-refractivity contribution >= 4 is 11.4 Å². The topological polar surface area (TPSA) is 15.7 Å². The van der Waals surface area contributed by atoms with Gasteiger partial charge >= 0.3 is 0 Å². The lowest BCUT2D eigenvalue weighted by atomic mass is 9.99. The highest BCUT2D eigenvalue weighted by Gasteiger charge is 2.21. The number of ether oxygens (including phenoxy) is 1. The lowest BCUT2D eigenvalue weighted by Gasteiger charge is -2.30. The summed E-state index contributed by atoms with van der Waals surface area (Å²) in [6.45, 7) is 4.70. The van der Waals surface area contributed by atoms with Gasteiger partial charge in [-0.2, -0.15) is 0 Å². The number of piperidine rings is 1. The highest BCUT2D eigenvalue weighted by Crippen LogP contribution is 2.40. The summed E-state index contributed by atoms with van der Waals surface area (Å²) in [5, 5.41) is 0. The van der Waals surface area contributed by atoms with E-state index in [2.05, 4.69) is 46.2 Å². The summed E-state index contributed by atoms with van der Waals surface area (Å²) in [4.78, 5) is 4.98. The molecule has 2 saturated heterocycles. The van der Waals surface area contributed by atoms with Crippen molar-refractivity contribution in [1.29, 1.82) is 0 Å². The van der Waals surface area contributed by atoms with E-state index in [0.717, 1.165) is 17.9 Å². The van der Waals surface area contributed by atoms with Gasteiger partial charge in [-0.05, 0) is 55.4 Å². The minimum absolute atomic E-state index is 0.977. The standard InChI is InChI=1S/C22H26N2O/c1-2-10-23(11-3-1)19-8-6-17-14-18-7-9-20(24-12-4-5-13-24)16-22(18)25-21(17)15-19/h6-9,15-16H,1-5,10-14H2. The molecule has 0 atom stereocenters. The first-order valence-corrected chi connectivity index (χ1v) is 9.80. The maximum atomic E-state index is 6.36. The first-order chi connectivity index (χ1) is 12.4. The van der Waals surface area contributed by atoms with Gasteiger partial charge in [0.2, 0.25) is 0 Å². The third kappa shape index (κ3) is 2.86. The molecule has 2 aromatic carbocycles. The van der Waals surface area contributed by atoms with Crippen molar-refractivity contribution in [2.75, 3.05) is 36.0 Å². The van der Waals surface area contributed by atoms with E-state index in [-0.39, 0.29) is 0 Å². The number of hydrogen-bond acceptors (Lipinski definition) is 3. The predicted octanol–water partition coefficient (Wildman–Crippen LogP) is 4.97. The second-order valence-electron chi connectivity index (χ2n) is 7.60. The lowest BCUT2D eigenvalue weighted by Crippen LogP contribution is -2.29. The molecule has 0 amide bonds. The molecule has 3 heteroatoms. The first-order valence-electron chi connectivity index (χ1n) is 9.80. The molecule has 5 rings (SSSR count). The molecule has 0 unspecified atom stereocenters. The number of rotatable bonds is 2. The lowest BCUT2D eigenvalue weighted by molar-refractivity contribution is 0.459. The molecule has 3 aliphatic heterocycles. The molecule has 25 heavy (non-hydrogen) atoms. The molecule has 0 spiro atoms. The van der Waals surface area contributed by atoms with Crippen molar-refractivity contribution in [3.8, 4) is 11.5 Å². The number of anilines is 2. The second kappa shape index (κ2) is 6.29. The van der Waals surface area contributed by atoms with Crippen LogP contribution < -0.4 is 14.5 Å². The number of nitrogens with zero attached hydrogens (tertiary/aromatic N) is 2. The van der Waals surface area contributed by atoms with Crippen LogP contribution in [0.5, 0.6) is 11.5 Å². The van der Waals surface area contributed by atoms with E-state index in [4.69, 9.17) is 4.74 Å². The zero-order chi connectivity index (χ0) is 16.6. The molecule has 130 valence electrons. The first kappa shape index (κ1) is 15.1. The molecule has 3 nitrogen and oxygen atoms in total. The van der Waals surface area contributed by atoms with Crippen LogP contribution in [0.1, 0.15) is 43.2 Å². The number of hydrogen-bond donors (Lipinski definition) is 0. The van der Waals surface area contributed by atoms with Crippen LogP contribution in [0.3, 0.4) is 0 Å². The number of benzene rings is 2. The highest BCUT2D eigenvalue weighted by atomic mass is 16.5. The Morgan fingerprint density at radius 1 is 0.600 bits per heavy atom. The van der Waals surface area contributed by atoms with Gasteiger partial charge in [-0.3, -0.25) is 0 Å². The summed E-state index contributed by atoms with van der Waals surface area (Å²) in [7, 11) is 0. The summed E-state index contributed by atoms with van der Waals surface area (Å²) in [6.07, 6.45) is 7.57. The van der Waals surface area contributed by atoms with Crippen LogP contribution >= 0.6 is 0 Å². The molecular formula is C22H26N2O. The second-order valence-corrected chi connectivity index (χ2v) is 7.60. The molecule has 0 aliphatic carbocycles. The van der Waals surface area contributed by atoms with Gasteiger partial charge < -0.3 is 14.5 Å². The average Bonchev–Trinajstić information content (AvgIpc) is 3.21. The molecule has 3 aliphatic rings. The Morgan fingerprint density at radius 3 is 1.60 bits per heavy atom. The summed E-state index contributed by atoms with van der Waals surface area (Å²) < 4.78 is 6.36. The summed E-state index contributed by atoms with van der Waals surface area (Å²) >= 11 is 0. The van der Waals surface area contributed by atoms with E-state index in [1.807, 2.05) is 0 Å². The maximum Gasteiger partial charge on any atom is 0.133 e. The van der Waals surface area contributed by atoms with Gasteiger partial charge in [-0.25, -0.2) is 0 Å². The van der Waals surface area contributed by atoms with Gasteiger partial charge in [-0.1, -0.05) is 12.1 Å². The van der Waals surface area contributed by atoms with Gasteiger partial charge in [0, 0.05) is 56.1 Å². The van der Waals surface area contributed by atoms with Gasteiger partial charge in [0.15, 0.2) is 0 Å². The Balaban J connectivity index is 1.42. The molecule has 0 N–H and O–H groups in total. The van der Waals surface area contributed by atoms with Crippen LogP contribution in [0.2, 0.25) is 0 Å². The van der Waals surface area contributed by atoms with Crippen LogP contribution in [-0.4, -0.2) is 26.2 Å². The van der Waals surface area contributed by atoms with Crippen molar-refractivity contribution in [3.05, 3.63) is 47.5 Å². The minimum atomic E-state index is 0.977. The molecule has 0 saturated carbocycles. The van der Waals surface area contributed by atoms with Crippen molar-refractivity contribution in [2.45, 2.75) is 38.5 Å². The van der Waals surface area contributed by atoms with E-state index in [0.29, 0.717) is 0 Å².